The number of benzene rings is 1. The molecule has 0 unspecified atom stereocenters. The van der Waals surface area contributed by atoms with Gasteiger partial charge in [-0.3, -0.25) is 4.79 Å². The average molecular weight is 298 g/mol. The van der Waals surface area contributed by atoms with Crippen LogP contribution in [0.2, 0.25) is 0 Å². The minimum Gasteiger partial charge on any atom is -0.497 e. The van der Waals surface area contributed by atoms with Gasteiger partial charge in [0.2, 0.25) is 0 Å². The molecule has 2 aromatic rings. The first-order valence-corrected chi connectivity index (χ1v) is 7.69. The number of carbonyl (C=O) groups excluding carboxylic acids is 1. The van der Waals surface area contributed by atoms with E-state index in [-0.39, 0.29) is 5.78 Å². The van der Waals surface area contributed by atoms with Gasteiger partial charge in [0, 0.05) is 34.7 Å². The summed E-state index contributed by atoms with van der Waals surface area (Å²) in [5.74, 6) is 0.909. The Balaban J connectivity index is 1.70. The predicted octanol–water partition coefficient (Wildman–Crippen LogP) is 3.74. The van der Waals surface area contributed by atoms with Gasteiger partial charge in [-0.05, 0) is 44.9 Å². The van der Waals surface area contributed by atoms with Gasteiger partial charge in [0.15, 0.2) is 5.78 Å². The molecule has 0 spiro atoms. The largest absolute Gasteiger partial charge is 0.497 e. The summed E-state index contributed by atoms with van der Waals surface area (Å²) >= 11 is 0. The number of nitrogens with one attached hydrogen (secondary N) is 1. The van der Waals surface area contributed by atoms with E-state index in [4.69, 9.17) is 4.74 Å². The Kier molecular flexibility index (Phi) is 3.92. The Morgan fingerprint density at radius 2 is 2.09 bits per heavy atom. The highest BCUT2D eigenvalue weighted by Crippen LogP contribution is 2.38. The fourth-order valence-electron chi connectivity index (χ4n) is 2.96. The molecule has 0 amide bonds. The second-order valence-corrected chi connectivity index (χ2v) is 5.89. The molecule has 0 atom stereocenters. The maximum atomic E-state index is 12.5. The molecule has 1 aromatic heterocycles. The number of nitrogens with zero attached hydrogens (tertiary/aromatic N) is 1. The van der Waals surface area contributed by atoms with Gasteiger partial charge in [-0.15, -0.1) is 0 Å². The third-order valence-corrected chi connectivity index (χ3v) is 4.22. The Morgan fingerprint density at radius 1 is 1.32 bits per heavy atom. The third-order valence-electron chi connectivity index (χ3n) is 4.22. The zero-order valence-electron chi connectivity index (χ0n) is 13.3. The van der Waals surface area contributed by atoms with Crippen molar-refractivity contribution in [2.45, 2.75) is 32.7 Å². The molecule has 1 N–H and O–H groups in total. The minimum absolute atomic E-state index is 0.128. The molecule has 116 valence electrons. The van der Waals surface area contributed by atoms with Crippen LogP contribution in [0.4, 0.5) is 5.69 Å². The molecule has 3 rings (SSSR count). The standard InChI is InChI=1S/C18H22N2O2/c1-12-9-17(13(2)20(12)15-7-8-15)18(21)11-19-14-5-4-6-16(10-14)22-3/h4-6,9-10,15,19H,7-8,11H2,1-3H3. The molecule has 1 heterocycles. The monoisotopic (exact) mass is 298 g/mol. The molecule has 1 saturated carbocycles. The number of carbonyl (C=O) groups is 1. The van der Waals surface area contributed by atoms with E-state index in [2.05, 4.69) is 16.8 Å². The summed E-state index contributed by atoms with van der Waals surface area (Å²) < 4.78 is 7.49. The molecule has 1 fully saturated rings. The van der Waals surface area contributed by atoms with E-state index in [1.54, 1.807) is 7.11 Å². The van der Waals surface area contributed by atoms with Crippen molar-refractivity contribution in [2.24, 2.45) is 0 Å². The first kappa shape index (κ1) is 14.7. The molecule has 22 heavy (non-hydrogen) atoms. The van der Waals surface area contributed by atoms with Crippen LogP contribution < -0.4 is 10.1 Å². The smallest absolute Gasteiger partial charge is 0.183 e. The first-order valence-electron chi connectivity index (χ1n) is 7.69. The molecule has 0 bridgehead atoms. The van der Waals surface area contributed by atoms with Crippen LogP contribution in [0.5, 0.6) is 5.75 Å². The molecule has 0 saturated heterocycles. The van der Waals surface area contributed by atoms with E-state index < -0.39 is 0 Å². The quantitative estimate of drug-likeness (QED) is 0.826. The number of rotatable bonds is 6. The van der Waals surface area contributed by atoms with Gasteiger partial charge in [-0.2, -0.15) is 0 Å². The van der Waals surface area contributed by atoms with Crippen molar-refractivity contribution in [2.75, 3.05) is 19.0 Å². The number of Topliss-reactive ketones (excluding diaryl/α,β-unsaturated/α-hetero) is 1. The van der Waals surface area contributed by atoms with Crippen LogP contribution in [0.1, 0.15) is 40.6 Å². The van der Waals surface area contributed by atoms with Crippen molar-refractivity contribution in [3.05, 3.63) is 47.3 Å². The molecule has 1 aromatic carbocycles. The maximum Gasteiger partial charge on any atom is 0.183 e. The third kappa shape index (κ3) is 2.86. The van der Waals surface area contributed by atoms with E-state index >= 15 is 0 Å². The summed E-state index contributed by atoms with van der Waals surface area (Å²) in [6, 6.07) is 10.2. The Bertz CT molecular complexity index is 699. The lowest BCUT2D eigenvalue weighted by atomic mass is 10.1. The normalized spacial score (nSPS) is 14.0. The van der Waals surface area contributed by atoms with Crippen molar-refractivity contribution in [1.82, 2.24) is 4.57 Å². The van der Waals surface area contributed by atoms with Gasteiger partial charge >= 0.3 is 0 Å². The van der Waals surface area contributed by atoms with E-state index in [9.17, 15) is 4.79 Å². The van der Waals surface area contributed by atoms with E-state index in [1.165, 1.54) is 18.5 Å². The van der Waals surface area contributed by atoms with Crippen LogP contribution in [0.3, 0.4) is 0 Å². The average Bonchev–Trinajstić information content (AvgIpc) is 3.30. The van der Waals surface area contributed by atoms with Crippen LogP contribution in [-0.4, -0.2) is 24.0 Å². The number of ketones is 1. The molecule has 0 radical (unpaired) electrons. The fourth-order valence-corrected chi connectivity index (χ4v) is 2.96. The minimum atomic E-state index is 0.128. The number of hydrogen-bond donors (Lipinski definition) is 1. The van der Waals surface area contributed by atoms with E-state index in [0.29, 0.717) is 12.6 Å². The summed E-state index contributed by atoms with van der Waals surface area (Å²) in [7, 11) is 1.64. The molecule has 4 nitrogen and oxygen atoms in total. The predicted molar refractivity (Wildman–Crippen MR) is 88.0 cm³/mol. The second kappa shape index (κ2) is 5.87. The van der Waals surface area contributed by atoms with Gasteiger partial charge in [0.25, 0.3) is 0 Å². The SMILES string of the molecule is COc1cccc(NCC(=O)c2cc(C)n(C3CC3)c2C)c1. The Hall–Kier alpha value is -2.23. The number of aryl methyl sites for hydroxylation is 1. The lowest BCUT2D eigenvalue weighted by molar-refractivity contribution is 0.101. The Labute approximate surface area is 131 Å². The molecular weight excluding hydrogens is 276 g/mol. The molecule has 4 heteroatoms. The molecular formula is C18H22N2O2. The van der Waals surface area contributed by atoms with Crippen molar-refractivity contribution in [3.8, 4) is 5.75 Å². The van der Waals surface area contributed by atoms with Crippen LogP contribution in [-0.2, 0) is 0 Å². The maximum absolute atomic E-state index is 12.5. The number of anilines is 1. The van der Waals surface area contributed by atoms with Crippen molar-refractivity contribution in [1.29, 1.82) is 0 Å². The summed E-state index contributed by atoms with van der Waals surface area (Å²) in [6.45, 7) is 4.42. The van der Waals surface area contributed by atoms with E-state index in [0.717, 1.165) is 22.7 Å². The summed E-state index contributed by atoms with van der Waals surface area (Å²) in [5, 5.41) is 3.18. The van der Waals surface area contributed by atoms with Crippen molar-refractivity contribution < 1.29 is 9.53 Å². The number of ether oxygens (including phenoxy) is 1. The van der Waals surface area contributed by atoms with Gasteiger partial charge in [0.1, 0.15) is 5.75 Å². The summed E-state index contributed by atoms with van der Waals surface area (Å²) in [4.78, 5) is 12.5. The zero-order chi connectivity index (χ0) is 15.7. The molecule has 1 aliphatic carbocycles. The van der Waals surface area contributed by atoms with Gasteiger partial charge < -0.3 is 14.6 Å². The summed E-state index contributed by atoms with van der Waals surface area (Å²) in [6.07, 6.45) is 2.46. The zero-order valence-corrected chi connectivity index (χ0v) is 13.3. The number of hydrogen-bond acceptors (Lipinski definition) is 3. The van der Waals surface area contributed by atoms with Crippen molar-refractivity contribution >= 4 is 11.5 Å². The van der Waals surface area contributed by atoms with Crippen LogP contribution in [0.15, 0.2) is 30.3 Å². The molecule has 1 aliphatic rings. The first-order chi connectivity index (χ1) is 10.6. The van der Waals surface area contributed by atoms with Crippen LogP contribution in [0, 0.1) is 13.8 Å². The van der Waals surface area contributed by atoms with Gasteiger partial charge in [-0.1, -0.05) is 6.07 Å². The lowest BCUT2D eigenvalue weighted by Crippen LogP contribution is -2.15. The topological polar surface area (TPSA) is 43.3 Å². The Morgan fingerprint density at radius 3 is 2.77 bits per heavy atom. The van der Waals surface area contributed by atoms with Crippen LogP contribution in [0.25, 0.3) is 0 Å². The summed E-state index contributed by atoms with van der Waals surface area (Å²) in [5.41, 5.74) is 4.01. The highest BCUT2D eigenvalue weighted by molar-refractivity contribution is 6.00. The second-order valence-electron chi connectivity index (χ2n) is 5.89. The molecule has 0 aliphatic heterocycles. The van der Waals surface area contributed by atoms with Crippen molar-refractivity contribution in [3.63, 3.8) is 0 Å². The highest BCUT2D eigenvalue weighted by Gasteiger charge is 2.28. The van der Waals surface area contributed by atoms with Crippen LogP contribution >= 0.6 is 0 Å². The van der Waals surface area contributed by atoms with Gasteiger partial charge in [-0.25, -0.2) is 0 Å². The fraction of sp³-hybridized carbons (Fsp3) is 0.389. The number of methoxy groups -OCH3 is 1. The highest BCUT2D eigenvalue weighted by atomic mass is 16.5. The lowest BCUT2D eigenvalue weighted by Gasteiger charge is -2.09. The van der Waals surface area contributed by atoms with Gasteiger partial charge in [0.05, 0.1) is 13.7 Å². The number of aromatic nitrogens is 1. The van der Waals surface area contributed by atoms with E-state index in [1.807, 2.05) is 37.3 Å².